The number of nitrogens with two attached hydrogens (primary N) is 2. The van der Waals surface area contributed by atoms with Gasteiger partial charge in [-0.05, 0) is 0 Å². The molecule has 0 unspecified atom stereocenters. The summed E-state index contributed by atoms with van der Waals surface area (Å²) in [7, 11) is 0. The van der Waals surface area contributed by atoms with E-state index in [2.05, 4.69) is 0 Å². The van der Waals surface area contributed by atoms with Crippen LogP contribution in [0.5, 0.6) is 0 Å². The Bertz CT molecular complexity index is 498. The van der Waals surface area contributed by atoms with Crippen LogP contribution in [0.25, 0.3) is 0 Å². The van der Waals surface area contributed by atoms with Gasteiger partial charge in [0.15, 0.2) is 0 Å². The first-order chi connectivity index (χ1) is 7.34. The number of nitrogens with zero attached hydrogens (tertiary/aromatic N) is 2. The van der Waals surface area contributed by atoms with Gasteiger partial charge < -0.3 is 11.5 Å². The number of primary amides is 1. The Morgan fingerprint density at radius 3 is 2.12 bits per heavy atom. The Labute approximate surface area is 87.9 Å². The molecule has 1 aromatic carbocycles. The number of anilines is 1. The maximum Gasteiger partial charge on any atom is 0.291 e. The highest BCUT2D eigenvalue weighted by Crippen LogP contribution is 2.29. The molecule has 0 saturated heterocycles. The highest BCUT2D eigenvalue weighted by molar-refractivity contribution is 6.02. The van der Waals surface area contributed by atoms with Gasteiger partial charge in [-0.15, -0.1) is 0 Å². The van der Waals surface area contributed by atoms with Crippen molar-refractivity contribution in [2.24, 2.45) is 5.73 Å². The van der Waals surface area contributed by atoms with Crippen LogP contribution in [0.1, 0.15) is 10.4 Å². The fourth-order valence-corrected chi connectivity index (χ4v) is 1.15. The van der Waals surface area contributed by atoms with Crippen LogP contribution in [0.4, 0.5) is 17.1 Å². The van der Waals surface area contributed by atoms with Crippen molar-refractivity contribution >= 4 is 23.0 Å². The van der Waals surface area contributed by atoms with Crippen LogP contribution < -0.4 is 11.5 Å². The van der Waals surface area contributed by atoms with Crippen molar-refractivity contribution < 1.29 is 14.6 Å². The van der Waals surface area contributed by atoms with Crippen LogP contribution in [0.2, 0.25) is 0 Å². The van der Waals surface area contributed by atoms with E-state index in [0.29, 0.717) is 6.07 Å². The molecule has 4 N–H and O–H groups in total. The molecule has 1 aromatic rings. The summed E-state index contributed by atoms with van der Waals surface area (Å²) in [5, 5.41) is 21.0. The molecule has 0 aliphatic heterocycles. The summed E-state index contributed by atoms with van der Waals surface area (Å²) in [6, 6.07) is 1.48. The Balaban J connectivity index is 3.58. The fraction of sp³-hybridized carbons (Fsp3) is 0. The van der Waals surface area contributed by atoms with Gasteiger partial charge in [0.25, 0.3) is 17.3 Å². The van der Waals surface area contributed by atoms with Crippen LogP contribution >= 0.6 is 0 Å². The molecule has 9 nitrogen and oxygen atoms in total. The van der Waals surface area contributed by atoms with Crippen molar-refractivity contribution in [3.05, 3.63) is 37.9 Å². The molecule has 16 heavy (non-hydrogen) atoms. The number of hydrogen-bond acceptors (Lipinski definition) is 6. The van der Waals surface area contributed by atoms with E-state index < -0.39 is 38.4 Å². The van der Waals surface area contributed by atoms with Gasteiger partial charge in [-0.1, -0.05) is 0 Å². The van der Waals surface area contributed by atoms with Gasteiger partial charge >= 0.3 is 0 Å². The Hall–Kier alpha value is -2.71. The zero-order chi connectivity index (χ0) is 12.5. The average molecular weight is 226 g/mol. The zero-order valence-electron chi connectivity index (χ0n) is 7.75. The SMILES string of the molecule is NC(=O)c1c(N)cc([N+](=O)[O-])cc1[N+](=O)[O-]. The average Bonchev–Trinajstić information content (AvgIpc) is 2.15. The second-order valence-corrected chi connectivity index (χ2v) is 2.81. The molecule has 0 aromatic heterocycles. The van der Waals surface area contributed by atoms with Gasteiger partial charge in [0.05, 0.1) is 21.6 Å². The zero-order valence-corrected chi connectivity index (χ0v) is 7.75. The monoisotopic (exact) mass is 226 g/mol. The van der Waals surface area contributed by atoms with Crippen LogP contribution in [0, 0.1) is 20.2 Å². The van der Waals surface area contributed by atoms with E-state index in [1.54, 1.807) is 0 Å². The highest BCUT2D eigenvalue weighted by atomic mass is 16.6. The van der Waals surface area contributed by atoms with Gasteiger partial charge in [0.1, 0.15) is 5.56 Å². The molecule has 0 saturated carbocycles. The van der Waals surface area contributed by atoms with Gasteiger partial charge in [0.2, 0.25) is 0 Å². The van der Waals surface area contributed by atoms with E-state index in [-0.39, 0.29) is 0 Å². The van der Waals surface area contributed by atoms with Crippen LogP contribution in [0.3, 0.4) is 0 Å². The molecule has 1 rings (SSSR count). The van der Waals surface area contributed by atoms with E-state index in [4.69, 9.17) is 11.5 Å². The minimum Gasteiger partial charge on any atom is -0.398 e. The van der Waals surface area contributed by atoms with Gasteiger partial charge in [0, 0.05) is 6.07 Å². The first-order valence-electron chi connectivity index (χ1n) is 3.86. The maximum absolute atomic E-state index is 10.9. The van der Waals surface area contributed by atoms with Crippen molar-refractivity contribution in [1.82, 2.24) is 0 Å². The molecular formula is C7H6N4O5. The number of nitrogen functional groups attached to an aromatic ring is 1. The molecule has 84 valence electrons. The first kappa shape index (κ1) is 11.4. The van der Waals surface area contributed by atoms with Crippen LogP contribution in [0.15, 0.2) is 12.1 Å². The molecule has 0 radical (unpaired) electrons. The fourth-order valence-electron chi connectivity index (χ4n) is 1.15. The van der Waals surface area contributed by atoms with Gasteiger partial charge in [-0.3, -0.25) is 25.0 Å². The minimum absolute atomic E-state index is 0.395. The van der Waals surface area contributed by atoms with Crippen LogP contribution in [-0.4, -0.2) is 15.8 Å². The van der Waals surface area contributed by atoms with E-state index in [1.165, 1.54) is 0 Å². The molecule has 0 fully saturated rings. The number of hydrogen-bond donors (Lipinski definition) is 2. The Morgan fingerprint density at radius 2 is 1.75 bits per heavy atom. The minimum atomic E-state index is -1.11. The molecule has 9 heteroatoms. The third-order valence-corrected chi connectivity index (χ3v) is 1.79. The lowest BCUT2D eigenvalue weighted by molar-refractivity contribution is -0.394. The van der Waals surface area contributed by atoms with E-state index in [9.17, 15) is 25.0 Å². The molecule has 1 amide bonds. The summed E-state index contributed by atoms with van der Waals surface area (Å²) in [6.07, 6.45) is 0. The highest BCUT2D eigenvalue weighted by Gasteiger charge is 2.26. The quantitative estimate of drug-likeness (QED) is 0.425. The summed E-state index contributed by atoms with van der Waals surface area (Å²) in [5.74, 6) is -1.11. The second kappa shape index (κ2) is 3.81. The molecule has 0 aliphatic rings. The molecule has 0 atom stereocenters. The lowest BCUT2D eigenvalue weighted by Gasteiger charge is -2.02. The smallest absolute Gasteiger partial charge is 0.291 e. The normalized spacial score (nSPS) is 9.75. The topological polar surface area (TPSA) is 155 Å². The molecule has 0 heterocycles. The summed E-state index contributed by atoms with van der Waals surface area (Å²) >= 11 is 0. The number of amides is 1. The van der Waals surface area contributed by atoms with E-state index in [0.717, 1.165) is 6.07 Å². The maximum atomic E-state index is 10.9. The number of rotatable bonds is 3. The predicted molar refractivity (Wildman–Crippen MR) is 52.7 cm³/mol. The summed E-state index contributed by atoms with van der Waals surface area (Å²) < 4.78 is 0. The third kappa shape index (κ3) is 1.87. The first-order valence-corrected chi connectivity index (χ1v) is 3.86. The number of benzene rings is 1. The third-order valence-electron chi connectivity index (χ3n) is 1.79. The van der Waals surface area contributed by atoms with Crippen molar-refractivity contribution in [2.75, 3.05) is 5.73 Å². The molecular weight excluding hydrogens is 220 g/mol. The lowest BCUT2D eigenvalue weighted by atomic mass is 10.1. The molecule has 0 bridgehead atoms. The number of carbonyl (C=O) groups is 1. The number of carbonyl (C=O) groups excluding carboxylic acids is 1. The Kier molecular flexibility index (Phi) is 2.70. The van der Waals surface area contributed by atoms with Crippen molar-refractivity contribution in [2.45, 2.75) is 0 Å². The summed E-state index contributed by atoms with van der Waals surface area (Å²) in [4.78, 5) is 30.1. The summed E-state index contributed by atoms with van der Waals surface area (Å²) in [6.45, 7) is 0. The number of nitro benzene ring substituents is 2. The van der Waals surface area contributed by atoms with Crippen molar-refractivity contribution in [3.63, 3.8) is 0 Å². The Morgan fingerprint density at radius 1 is 1.19 bits per heavy atom. The largest absolute Gasteiger partial charge is 0.398 e. The second-order valence-electron chi connectivity index (χ2n) is 2.81. The van der Waals surface area contributed by atoms with E-state index in [1.807, 2.05) is 0 Å². The molecule has 0 spiro atoms. The standard InChI is InChI=1S/C7H6N4O5/c8-4-1-3(10(13)14)2-5(11(15)16)6(4)7(9)12/h1-2H,8H2,(H2,9,12). The van der Waals surface area contributed by atoms with Crippen molar-refractivity contribution in [1.29, 1.82) is 0 Å². The lowest BCUT2D eigenvalue weighted by Crippen LogP contribution is -2.16. The molecule has 0 aliphatic carbocycles. The van der Waals surface area contributed by atoms with E-state index >= 15 is 0 Å². The van der Waals surface area contributed by atoms with Gasteiger partial charge in [-0.25, -0.2) is 0 Å². The summed E-state index contributed by atoms with van der Waals surface area (Å²) in [5.41, 5.74) is 7.89. The van der Waals surface area contributed by atoms with Crippen molar-refractivity contribution in [3.8, 4) is 0 Å². The van der Waals surface area contributed by atoms with Gasteiger partial charge in [-0.2, -0.15) is 0 Å². The number of nitro groups is 2. The van der Waals surface area contributed by atoms with Crippen LogP contribution in [-0.2, 0) is 0 Å². The predicted octanol–water partition coefficient (Wildman–Crippen LogP) is 0.184. The number of non-ortho nitro benzene ring substituents is 1.